The maximum absolute atomic E-state index is 8.81. The number of nitrogens with one attached hydrogen (secondary N) is 1. The quantitative estimate of drug-likeness (QED) is 0.911. The van der Waals surface area contributed by atoms with E-state index in [-0.39, 0.29) is 0 Å². The monoisotopic (exact) mass is 292 g/mol. The first kappa shape index (κ1) is 11.1. The van der Waals surface area contributed by atoms with Gasteiger partial charge >= 0.3 is 0 Å². The van der Waals surface area contributed by atoms with Crippen molar-refractivity contribution in [3.63, 3.8) is 0 Å². The van der Waals surface area contributed by atoms with E-state index in [1.165, 1.54) is 6.42 Å². The summed E-state index contributed by atoms with van der Waals surface area (Å²) in [5.41, 5.74) is 1.72. The molecule has 3 unspecified atom stereocenters. The average molecular weight is 293 g/mol. The predicted molar refractivity (Wildman–Crippen MR) is 68.8 cm³/mol. The highest BCUT2D eigenvalue weighted by molar-refractivity contribution is 9.10. The number of nitrogens with zero attached hydrogens (tertiary/aromatic N) is 1. The third kappa shape index (κ3) is 2.05. The van der Waals surface area contributed by atoms with Gasteiger partial charge in [-0.1, -0.05) is 0 Å². The summed E-state index contributed by atoms with van der Waals surface area (Å²) in [6, 6.07) is 8.18. The second kappa shape index (κ2) is 4.32. The molecule has 1 aromatic carbocycles. The van der Waals surface area contributed by atoms with Gasteiger partial charge in [0, 0.05) is 10.2 Å². The van der Waals surface area contributed by atoms with E-state index < -0.39 is 0 Å². The molecule has 2 bridgehead atoms. The van der Waals surface area contributed by atoms with Crippen LogP contribution < -0.4 is 5.32 Å². The van der Waals surface area contributed by atoms with E-state index in [4.69, 9.17) is 10.00 Å². The van der Waals surface area contributed by atoms with Gasteiger partial charge in [-0.05, 0) is 53.4 Å². The van der Waals surface area contributed by atoms with Gasteiger partial charge in [-0.3, -0.25) is 0 Å². The maximum Gasteiger partial charge on any atom is 0.0992 e. The first-order chi connectivity index (χ1) is 8.26. The number of hydrogen-bond donors (Lipinski definition) is 1. The molecule has 2 heterocycles. The Balaban J connectivity index is 1.75. The van der Waals surface area contributed by atoms with Crippen LogP contribution in [-0.4, -0.2) is 18.2 Å². The fourth-order valence-electron chi connectivity index (χ4n) is 2.69. The summed E-state index contributed by atoms with van der Waals surface area (Å²) < 4.78 is 6.76. The minimum atomic E-state index is 0.363. The molecular weight excluding hydrogens is 280 g/mol. The molecule has 3 atom stereocenters. The molecule has 0 radical (unpaired) electrons. The number of halogens is 1. The van der Waals surface area contributed by atoms with Crippen LogP contribution >= 0.6 is 15.9 Å². The molecular formula is C13H13BrN2O. The lowest BCUT2D eigenvalue weighted by molar-refractivity contribution is 0.102. The van der Waals surface area contributed by atoms with Crippen LogP contribution in [0.15, 0.2) is 22.7 Å². The van der Waals surface area contributed by atoms with Crippen molar-refractivity contribution in [2.75, 3.05) is 5.32 Å². The van der Waals surface area contributed by atoms with Crippen molar-refractivity contribution in [1.29, 1.82) is 5.26 Å². The SMILES string of the molecule is N#Cc1ccc(NC2CC3CCC2O3)c(Br)c1. The fraction of sp³-hybridized carbons (Fsp3) is 0.462. The molecule has 0 aliphatic carbocycles. The van der Waals surface area contributed by atoms with Crippen LogP contribution in [0.2, 0.25) is 0 Å². The summed E-state index contributed by atoms with van der Waals surface area (Å²) in [5, 5.41) is 12.3. The first-order valence-corrected chi connectivity index (χ1v) is 6.67. The van der Waals surface area contributed by atoms with Crippen molar-refractivity contribution in [2.24, 2.45) is 0 Å². The molecule has 0 spiro atoms. The van der Waals surface area contributed by atoms with Crippen molar-refractivity contribution in [3.8, 4) is 6.07 Å². The second-order valence-electron chi connectivity index (χ2n) is 4.67. The molecule has 2 fully saturated rings. The lowest BCUT2D eigenvalue weighted by Crippen LogP contribution is -2.30. The summed E-state index contributed by atoms with van der Waals surface area (Å²) in [6.07, 6.45) is 4.28. The minimum Gasteiger partial charge on any atom is -0.379 e. The molecule has 3 rings (SSSR count). The summed E-state index contributed by atoms with van der Waals surface area (Å²) in [6.45, 7) is 0. The number of fused-ring (bicyclic) bond motifs is 2. The Labute approximate surface area is 109 Å². The number of benzene rings is 1. The molecule has 2 aliphatic heterocycles. The summed E-state index contributed by atoms with van der Waals surface area (Å²) in [5.74, 6) is 0. The number of anilines is 1. The third-order valence-corrected chi connectivity index (χ3v) is 4.20. The van der Waals surface area contributed by atoms with Crippen LogP contribution in [0.4, 0.5) is 5.69 Å². The van der Waals surface area contributed by atoms with E-state index in [0.29, 0.717) is 23.8 Å². The fourth-order valence-corrected chi connectivity index (χ4v) is 3.18. The molecule has 4 heteroatoms. The summed E-state index contributed by atoms with van der Waals surface area (Å²) >= 11 is 3.49. The van der Waals surface area contributed by atoms with Crippen molar-refractivity contribution in [3.05, 3.63) is 28.2 Å². The lowest BCUT2D eigenvalue weighted by atomic mass is 9.95. The van der Waals surface area contributed by atoms with E-state index >= 15 is 0 Å². The minimum absolute atomic E-state index is 0.363. The summed E-state index contributed by atoms with van der Waals surface area (Å²) in [4.78, 5) is 0. The molecule has 1 aromatic rings. The summed E-state index contributed by atoms with van der Waals surface area (Å²) in [7, 11) is 0. The predicted octanol–water partition coefficient (Wildman–Crippen LogP) is 3.05. The van der Waals surface area contributed by atoms with Gasteiger partial charge in [0.15, 0.2) is 0 Å². The molecule has 2 aliphatic rings. The van der Waals surface area contributed by atoms with Crippen molar-refractivity contribution in [2.45, 2.75) is 37.5 Å². The normalized spacial score (nSPS) is 30.2. The Morgan fingerprint density at radius 3 is 2.88 bits per heavy atom. The molecule has 3 nitrogen and oxygen atoms in total. The van der Waals surface area contributed by atoms with Crippen molar-refractivity contribution >= 4 is 21.6 Å². The largest absolute Gasteiger partial charge is 0.379 e. The number of hydrogen-bond acceptors (Lipinski definition) is 3. The van der Waals surface area contributed by atoms with Gasteiger partial charge in [0.1, 0.15) is 0 Å². The van der Waals surface area contributed by atoms with Gasteiger partial charge < -0.3 is 10.1 Å². The topological polar surface area (TPSA) is 45.0 Å². The number of rotatable bonds is 2. The molecule has 17 heavy (non-hydrogen) atoms. The average Bonchev–Trinajstić information content (AvgIpc) is 2.93. The molecule has 0 amide bonds. The van der Waals surface area contributed by atoms with E-state index in [1.54, 1.807) is 0 Å². The molecule has 2 saturated heterocycles. The van der Waals surface area contributed by atoms with Gasteiger partial charge in [0.25, 0.3) is 0 Å². The number of ether oxygens (including phenoxy) is 1. The zero-order chi connectivity index (χ0) is 11.8. The van der Waals surface area contributed by atoms with Crippen LogP contribution in [0.5, 0.6) is 0 Å². The van der Waals surface area contributed by atoms with Crippen LogP contribution in [0.3, 0.4) is 0 Å². The Hall–Kier alpha value is -1.05. The van der Waals surface area contributed by atoms with Crippen LogP contribution in [0, 0.1) is 11.3 Å². The first-order valence-electron chi connectivity index (χ1n) is 5.88. The molecule has 1 N–H and O–H groups in total. The highest BCUT2D eigenvalue weighted by atomic mass is 79.9. The molecule has 88 valence electrons. The van der Waals surface area contributed by atoms with E-state index in [9.17, 15) is 0 Å². The molecule has 0 aromatic heterocycles. The third-order valence-electron chi connectivity index (χ3n) is 3.55. The van der Waals surface area contributed by atoms with Crippen LogP contribution in [0.25, 0.3) is 0 Å². The van der Waals surface area contributed by atoms with Crippen molar-refractivity contribution in [1.82, 2.24) is 0 Å². The Morgan fingerprint density at radius 1 is 1.41 bits per heavy atom. The highest BCUT2D eigenvalue weighted by Crippen LogP contribution is 2.37. The van der Waals surface area contributed by atoms with E-state index in [1.807, 2.05) is 18.2 Å². The number of nitriles is 1. The van der Waals surface area contributed by atoms with Gasteiger partial charge in [-0.15, -0.1) is 0 Å². The van der Waals surface area contributed by atoms with Crippen molar-refractivity contribution < 1.29 is 4.74 Å². The van der Waals surface area contributed by atoms with Crippen LogP contribution in [0.1, 0.15) is 24.8 Å². The highest BCUT2D eigenvalue weighted by Gasteiger charge is 2.40. The Kier molecular flexibility index (Phi) is 2.81. The van der Waals surface area contributed by atoms with Gasteiger partial charge in [0.05, 0.1) is 29.9 Å². The molecule has 0 saturated carbocycles. The van der Waals surface area contributed by atoms with E-state index in [2.05, 4.69) is 27.3 Å². The van der Waals surface area contributed by atoms with Gasteiger partial charge in [-0.25, -0.2) is 0 Å². The second-order valence-corrected chi connectivity index (χ2v) is 5.52. The van der Waals surface area contributed by atoms with Gasteiger partial charge in [0.2, 0.25) is 0 Å². The van der Waals surface area contributed by atoms with Gasteiger partial charge in [-0.2, -0.15) is 5.26 Å². The maximum atomic E-state index is 8.81. The lowest BCUT2D eigenvalue weighted by Gasteiger charge is -2.22. The Bertz CT molecular complexity index is 483. The standard InChI is InChI=1S/C13H13BrN2O/c14-10-5-8(7-15)1-3-11(10)16-12-6-9-2-4-13(12)17-9/h1,3,5,9,12-13,16H,2,4,6H2. The smallest absolute Gasteiger partial charge is 0.0992 e. The van der Waals surface area contributed by atoms with E-state index in [0.717, 1.165) is 23.0 Å². The zero-order valence-electron chi connectivity index (χ0n) is 9.32. The Morgan fingerprint density at radius 2 is 2.29 bits per heavy atom. The van der Waals surface area contributed by atoms with Crippen LogP contribution in [-0.2, 0) is 4.74 Å². The zero-order valence-corrected chi connectivity index (χ0v) is 10.9.